The van der Waals surface area contributed by atoms with Gasteiger partial charge in [-0.1, -0.05) is 13.8 Å². The third-order valence-electron chi connectivity index (χ3n) is 16.8. The second-order valence-electron chi connectivity index (χ2n) is 20.1. The van der Waals surface area contributed by atoms with E-state index in [9.17, 15) is 29.7 Å². The molecule has 17 heteroatoms. The third-order valence-corrected chi connectivity index (χ3v) is 16.8. The Labute approximate surface area is 371 Å². The van der Waals surface area contributed by atoms with Crippen LogP contribution < -0.4 is 0 Å². The smallest absolute Gasteiger partial charge is 0.303 e. The van der Waals surface area contributed by atoms with E-state index in [0.717, 1.165) is 19.3 Å². The Bertz CT molecular complexity index is 1630. The second-order valence-corrected chi connectivity index (χ2v) is 20.1. The van der Waals surface area contributed by atoms with Gasteiger partial charge >= 0.3 is 11.9 Å². The quantitative estimate of drug-likeness (QED) is 0.189. The fraction of sp³-hybridized carbons (Fsp3) is 0.935. The molecule has 360 valence electrons. The molecule has 3 N–H and O–H groups in total. The zero-order valence-electron chi connectivity index (χ0n) is 39.0. The van der Waals surface area contributed by atoms with Crippen molar-refractivity contribution in [2.24, 2.45) is 34.5 Å². The van der Waals surface area contributed by atoms with Crippen molar-refractivity contribution in [1.82, 2.24) is 0 Å². The van der Waals surface area contributed by atoms with Gasteiger partial charge in [0.25, 0.3) is 0 Å². The van der Waals surface area contributed by atoms with E-state index < -0.39 is 115 Å². The van der Waals surface area contributed by atoms with Crippen LogP contribution in [0.3, 0.4) is 0 Å². The summed E-state index contributed by atoms with van der Waals surface area (Å²) in [6.45, 7) is 13.8. The highest BCUT2D eigenvalue weighted by atomic mass is 16.8. The van der Waals surface area contributed by atoms with Crippen LogP contribution in [0, 0.1) is 34.5 Å². The third kappa shape index (κ3) is 8.78. The van der Waals surface area contributed by atoms with E-state index in [4.69, 9.17) is 52.1 Å². The molecule has 7 rings (SSSR count). The second kappa shape index (κ2) is 19.0. The lowest BCUT2D eigenvalue weighted by Crippen LogP contribution is -2.73. The van der Waals surface area contributed by atoms with Gasteiger partial charge in [-0.15, -0.1) is 0 Å². The molecule has 0 bridgehead atoms. The highest BCUT2D eigenvalue weighted by molar-refractivity contribution is 5.80. The van der Waals surface area contributed by atoms with Crippen LogP contribution >= 0.6 is 0 Å². The summed E-state index contributed by atoms with van der Waals surface area (Å²) in [5.74, 6) is -2.08. The highest BCUT2D eigenvalue weighted by Crippen LogP contribution is 2.70. The Morgan fingerprint density at radius 3 is 1.81 bits per heavy atom. The number of rotatable bonds is 12. The maximum atomic E-state index is 13.1. The van der Waals surface area contributed by atoms with Gasteiger partial charge in [0, 0.05) is 65.3 Å². The monoisotopic (exact) mass is 898 g/mol. The number of aliphatic hydroxyl groups is 3. The fourth-order valence-corrected chi connectivity index (χ4v) is 13.6. The summed E-state index contributed by atoms with van der Waals surface area (Å²) in [5, 5.41) is 34.2. The number of hydrogen-bond acceptors (Lipinski definition) is 17. The van der Waals surface area contributed by atoms with Crippen LogP contribution in [-0.4, -0.2) is 158 Å². The maximum Gasteiger partial charge on any atom is 0.303 e. The van der Waals surface area contributed by atoms with Crippen LogP contribution in [-0.2, 0) is 66.5 Å². The number of Topliss-reactive ketones (excluding diaryl/α,β-unsaturated/α-hetero) is 1. The Kier molecular flexibility index (Phi) is 14.8. The molecule has 7 aliphatic rings. The molecule has 17 nitrogen and oxygen atoms in total. The Morgan fingerprint density at radius 1 is 0.635 bits per heavy atom. The Morgan fingerprint density at radius 2 is 1.24 bits per heavy atom. The molecule has 7 fully saturated rings. The van der Waals surface area contributed by atoms with E-state index in [2.05, 4.69) is 6.92 Å². The Balaban J connectivity index is 0.997. The molecule has 3 aliphatic heterocycles. The molecule has 3 saturated heterocycles. The van der Waals surface area contributed by atoms with Crippen molar-refractivity contribution in [2.45, 2.75) is 217 Å². The van der Waals surface area contributed by atoms with E-state index in [1.165, 1.54) is 27.9 Å². The summed E-state index contributed by atoms with van der Waals surface area (Å²) >= 11 is 0. The zero-order chi connectivity index (χ0) is 45.9. The average molecular weight is 899 g/mol. The predicted molar refractivity (Wildman–Crippen MR) is 220 cm³/mol. The zero-order valence-corrected chi connectivity index (χ0v) is 39.0. The average Bonchev–Trinajstić information content (AvgIpc) is 3.51. The molecule has 4 aliphatic carbocycles. The van der Waals surface area contributed by atoms with Crippen LogP contribution in [0.1, 0.15) is 113 Å². The lowest BCUT2D eigenvalue weighted by atomic mass is 9.41. The van der Waals surface area contributed by atoms with Gasteiger partial charge in [-0.2, -0.15) is 0 Å². The number of methoxy groups -OCH3 is 3. The molecule has 0 amide bonds. The SMILES string of the molecule is CO[C@H]1[C@@H](O)[C@H](O[C@@H]2[C@@H](C)O[C@@H](O[C@H]3[C@@H](OC)C[C@H](O[C@H]4CC[C@@]5(C)[C@H](CC[C@@H]6[C@@H]5[C@H](OC(C)=O)[C@@H](OC(C)=O)[C@]5(C)[C@@H](C(C)=O)CC[C@]65O)C4)O[C@@H]3C)C[C@H]2OC)O[C@H](C)[C@H]1O. The number of hydrogen-bond donors (Lipinski definition) is 3. The van der Waals surface area contributed by atoms with E-state index in [0.29, 0.717) is 38.5 Å². The first kappa shape index (κ1) is 49.0. The number of ketones is 1. The van der Waals surface area contributed by atoms with Crippen molar-refractivity contribution in [2.75, 3.05) is 21.3 Å². The van der Waals surface area contributed by atoms with Crippen LogP contribution in [0.4, 0.5) is 0 Å². The number of fused-ring (bicyclic) bond motifs is 5. The molecule has 4 saturated carbocycles. The van der Waals surface area contributed by atoms with Crippen molar-refractivity contribution in [3.63, 3.8) is 0 Å². The minimum absolute atomic E-state index is 0.0706. The standard InChI is InChI=1S/C46H74O17/c1-21(47)29-15-17-46(52)30-13-12-27-18-28(14-16-44(27,7)35(30)40(59-25(5)48)42(45(29,46)8)60-26(6)49)61-33-19-31(53-9)38(23(3)56-33)62-34-20-32(54-10)39(24(4)57-34)63-43-37(51)41(55-11)36(50)22(2)58-43/h22-24,27-43,50-52H,12-20H2,1-11H3/t22-,23-,24-,27-,28+,29-,30-,31+,32-,33+,34+,35-,36-,37-,38-,39-,40+,41-,42-,43+,44+,45+,46+/m1/s1. The minimum atomic E-state index is -1.29. The molecule has 0 radical (unpaired) electrons. The number of ether oxygens (including phenoxy) is 11. The minimum Gasteiger partial charge on any atom is -0.458 e. The number of aliphatic hydroxyl groups excluding tert-OH is 2. The van der Waals surface area contributed by atoms with E-state index in [1.807, 2.05) is 20.8 Å². The lowest BCUT2D eigenvalue weighted by molar-refractivity contribution is -0.352. The van der Waals surface area contributed by atoms with Crippen LogP contribution in [0.2, 0.25) is 0 Å². The predicted octanol–water partition coefficient (Wildman–Crippen LogP) is 3.37. The summed E-state index contributed by atoms with van der Waals surface area (Å²) < 4.78 is 67.7. The van der Waals surface area contributed by atoms with Gasteiger partial charge in [0.1, 0.15) is 48.5 Å². The van der Waals surface area contributed by atoms with Crippen molar-refractivity contribution in [1.29, 1.82) is 0 Å². The summed E-state index contributed by atoms with van der Waals surface area (Å²) in [7, 11) is 4.64. The van der Waals surface area contributed by atoms with Gasteiger partial charge in [-0.3, -0.25) is 14.4 Å². The summed E-state index contributed by atoms with van der Waals surface area (Å²) in [6, 6.07) is 0. The van der Waals surface area contributed by atoms with Crippen molar-refractivity contribution < 1.29 is 81.8 Å². The Hall–Kier alpha value is -1.87. The lowest BCUT2D eigenvalue weighted by Gasteiger charge is -2.66. The first-order chi connectivity index (χ1) is 29.7. The number of esters is 2. The molecule has 0 aromatic rings. The summed E-state index contributed by atoms with van der Waals surface area (Å²) in [4.78, 5) is 38.7. The molecule has 3 heterocycles. The van der Waals surface area contributed by atoms with Gasteiger partial charge in [0.15, 0.2) is 18.9 Å². The van der Waals surface area contributed by atoms with Gasteiger partial charge in [0.2, 0.25) is 0 Å². The van der Waals surface area contributed by atoms with Gasteiger partial charge in [-0.05, 0) is 89.9 Å². The molecule has 0 spiro atoms. The molecular formula is C46H74O17. The van der Waals surface area contributed by atoms with Crippen molar-refractivity contribution >= 4 is 17.7 Å². The number of carbonyl (C=O) groups excluding carboxylic acids is 3. The first-order valence-electron chi connectivity index (χ1n) is 23.2. The van der Waals surface area contributed by atoms with Gasteiger partial charge in [0.05, 0.1) is 42.2 Å². The molecule has 23 atom stereocenters. The molecule has 0 unspecified atom stereocenters. The number of carbonyl (C=O) groups is 3. The molecule has 0 aromatic heterocycles. The van der Waals surface area contributed by atoms with E-state index in [-0.39, 0.29) is 41.2 Å². The fourth-order valence-electron chi connectivity index (χ4n) is 13.6. The normalized spacial score (nSPS) is 51.0. The van der Waals surface area contributed by atoms with E-state index in [1.54, 1.807) is 21.1 Å². The molecular weight excluding hydrogens is 824 g/mol. The van der Waals surface area contributed by atoms with Crippen molar-refractivity contribution in [3.05, 3.63) is 0 Å². The maximum absolute atomic E-state index is 13.1. The largest absolute Gasteiger partial charge is 0.458 e. The van der Waals surface area contributed by atoms with Gasteiger partial charge in [-0.25, -0.2) is 0 Å². The summed E-state index contributed by atoms with van der Waals surface area (Å²) in [6.07, 6.45) is -5.71. The van der Waals surface area contributed by atoms with E-state index >= 15 is 0 Å². The molecule has 0 aromatic carbocycles. The first-order valence-corrected chi connectivity index (χ1v) is 23.2. The highest BCUT2D eigenvalue weighted by Gasteiger charge is 2.76. The summed E-state index contributed by atoms with van der Waals surface area (Å²) in [5.41, 5.74) is -2.81. The molecule has 63 heavy (non-hydrogen) atoms. The van der Waals surface area contributed by atoms with Gasteiger partial charge < -0.3 is 67.4 Å². The van der Waals surface area contributed by atoms with Crippen LogP contribution in [0.25, 0.3) is 0 Å². The van der Waals surface area contributed by atoms with Crippen LogP contribution in [0.5, 0.6) is 0 Å². The van der Waals surface area contributed by atoms with Crippen LogP contribution in [0.15, 0.2) is 0 Å². The van der Waals surface area contributed by atoms with Crippen molar-refractivity contribution in [3.8, 4) is 0 Å². The topological polar surface area (TPSA) is 213 Å².